The minimum absolute atomic E-state index is 0.0809. The van der Waals surface area contributed by atoms with Gasteiger partial charge in [0.25, 0.3) is 0 Å². The maximum Gasteiger partial charge on any atom is 0.247 e. The molecule has 7 heteroatoms. The quantitative estimate of drug-likeness (QED) is 0.156. The van der Waals surface area contributed by atoms with Gasteiger partial charge >= 0.3 is 0 Å². The number of fused-ring (bicyclic) bond motifs is 19. The molecule has 0 amide bonds. The van der Waals surface area contributed by atoms with Gasteiger partial charge in [-0.1, -0.05) is 267 Å². The Morgan fingerprint density at radius 1 is 0.310 bits per heavy atom. The van der Waals surface area contributed by atoms with Gasteiger partial charge in [-0.05, 0) is 215 Å². The Balaban J connectivity index is 0.993. The van der Waals surface area contributed by atoms with Crippen LogP contribution < -0.4 is 26.0 Å². The van der Waals surface area contributed by atoms with Gasteiger partial charge in [0.15, 0.2) is 0 Å². The molecule has 0 bridgehead atoms. The fourth-order valence-electron chi connectivity index (χ4n) is 19.3. The van der Waals surface area contributed by atoms with Crippen molar-refractivity contribution >= 4 is 106 Å². The van der Waals surface area contributed by atoms with Gasteiger partial charge in [-0.3, -0.25) is 0 Å². The average molecular weight is 1460 g/mol. The molecule has 113 heavy (non-hydrogen) atoms. The van der Waals surface area contributed by atoms with E-state index >= 15 is 0 Å². The van der Waals surface area contributed by atoms with Crippen LogP contribution in [0.15, 0.2) is 285 Å². The highest BCUT2D eigenvalue weighted by molar-refractivity contribution is 6.99. The van der Waals surface area contributed by atoms with Crippen LogP contribution in [0.5, 0.6) is 11.5 Å². The van der Waals surface area contributed by atoms with E-state index in [1.165, 1.54) is 87.9 Å². The molecule has 0 aliphatic carbocycles. The van der Waals surface area contributed by atoms with E-state index < -0.39 is 5.41 Å². The highest BCUT2D eigenvalue weighted by Crippen LogP contribution is 2.59. The number of benzene rings is 14. The third-order valence-corrected chi connectivity index (χ3v) is 25.2. The molecule has 6 nitrogen and oxygen atoms in total. The van der Waals surface area contributed by atoms with Gasteiger partial charge in [-0.2, -0.15) is 5.26 Å². The van der Waals surface area contributed by atoms with Crippen molar-refractivity contribution in [1.29, 1.82) is 5.26 Å². The summed E-state index contributed by atoms with van der Waals surface area (Å²) in [7, 11) is 0. The van der Waals surface area contributed by atoms with Crippen molar-refractivity contribution in [2.45, 2.75) is 136 Å². The fraction of sp³-hybridized carbons (Fsp3) is 0.198. The number of nitrogens with zero attached hydrogens (tertiary/aromatic N) is 5. The van der Waals surface area contributed by atoms with E-state index in [4.69, 9.17) is 4.74 Å². The zero-order valence-electron chi connectivity index (χ0n) is 67.4. The number of aromatic nitrogens is 3. The molecule has 17 aromatic rings. The van der Waals surface area contributed by atoms with Crippen LogP contribution >= 0.6 is 0 Å². The number of hydrogen-bond donors (Lipinski definition) is 0. The van der Waals surface area contributed by atoms with Crippen molar-refractivity contribution in [3.8, 4) is 56.9 Å². The molecule has 3 aromatic heterocycles. The van der Waals surface area contributed by atoms with Crippen LogP contribution in [0.3, 0.4) is 0 Å². The summed E-state index contributed by atoms with van der Waals surface area (Å²) in [6.07, 6.45) is 0. The molecule has 550 valence electrons. The molecule has 0 saturated heterocycles. The highest BCUT2D eigenvalue weighted by atomic mass is 16.5. The summed E-state index contributed by atoms with van der Waals surface area (Å²) < 4.78 is 15.0. The predicted octanol–water partition coefficient (Wildman–Crippen LogP) is 25.8. The smallest absolute Gasteiger partial charge is 0.247 e. The summed E-state index contributed by atoms with van der Waals surface area (Å²) >= 11 is 0. The van der Waals surface area contributed by atoms with Crippen molar-refractivity contribution in [3.05, 3.63) is 341 Å². The second-order valence-corrected chi connectivity index (χ2v) is 37.2. The molecule has 0 N–H and O–H groups in total. The summed E-state index contributed by atoms with van der Waals surface area (Å²) in [6.45, 7) is 34.5. The number of ether oxygens (including phenoxy) is 1. The van der Waals surface area contributed by atoms with Gasteiger partial charge < -0.3 is 23.3 Å². The molecule has 0 radical (unpaired) electrons. The summed E-state index contributed by atoms with van der Waals surface area (Å²) in [5, 5.41) is 17.8. The van der Waals surface area contributed by atoms with Gasteiger partial charge in [-0.25, -0.2) is 0 Å². The lowest BCUT2D eigenvalue weighted by atomic mass is 9.29. The first kappa shape index (κ1) is 69.8. The first-order valence-electron chi connectivity index (χ1n) is 40.2. The first-order valence-corrected chi connectivity index (χ1v) is 40.2. The second kappa shape index (κ2) is 24.6. The number of hydrogen-bond acceptors (Lipinski definition) is 3. The van der Waals surface area contributed by atoms with Crippen LogP contribution in [0.1, 0.15) is 159 Å². The monoisotopic (exact) mass is 1460 g/mol. The minimum Gasteiger partial charge on any atom is -0.457 e. The topological polar surface area (TPSA) is 51.0 Å². The van der Waals surface area contributed by atoms with Crippen LogP contribution in [0.25, 0.3) is 105 Å². The third-order valence-electron chi connectivity index (χ3n) is 25.2. The largest absolute Gasteiger partial charge is 0.457 e. The Morgan fingerprint density at radius 2 is 0.673 bits per heavy atom. The summed E-state index contributed by atoms with van der Waals surface area (Å²) in [4.78, 5) is 2.70. The van der Waals surface area contributed by atoms with Crippen molar-refractivity contribution in [2.24, 2.45) is 0 Å². The summed E-state index contributed by atoms with van der Waals surface area (Å²) in [6, 6.07) is 112. The van der Waals surface area contributed by atoms with Crippen molar-refractivity contribution in [2.75, 3.05) is 4.90 Å². The molecular weight excluding hydrogens is 1370 g/mol. The molecule has 0 saturated carbocycles. The minimum atomic E-state index is -1.02. The Bertz CT molecular complexity index is 6690. The molecular formula is C106H92BN5O. The lowest BCUT2D eigenvalue weighted by molar-refractivity contribution is 0.435. The Labute approximate surface area is 663 Å². The van der Waals surface area contributed by atoms with E-state index in [9.17, 15) is 5.26 Å². The van der Waals surface area contributed by atoms with E-state index in [1.807, 2.05) is 6.07 Å². The molecule has 1 spiro atoms. The zero-order chi connectivity index (χ0) is 77.9. The van der Waals surface area contributed by atoms with E-state index in [0.29, 0.717) is 5.56 Å². The Morgan fingerprint density at radius 3 is 1.10 bits per heavy atom. The number of rotatable bonds is 6. The van der Waals surface area contributed by atoms with Crippen molar-refractivity contribution < 1.29 is 4.74 Å². The third kappa shape index (κ3) is 10.6. The molecule has 14 aromatic carbocycles. The number of para-hydroxylation sites is 3. The molecule has 3 aliphatic rings. The van der Waals surface area contributed by atoms with Gasteiger partial charge in [0, 0.05) is 83.0 Å². The normalized spacial score (nSPS) is 13.9. The van der Waals surface area contributed by atoms with Crippen LogP contribution in [0.2, 0.25) is 0 Å². The van der Waals surface area contributed by atoms with E-state index in [2.05, 4.69) is 408 Å². The number of anilines is 3. The van der Waals surface area contributed by atoms with Crippen LogP contribution in [0.4, 0.5) is 17.1 Å². The number of nitriles is 1. The van der Waals surface area contributed by atoms with Crippen molar-refractivity contribution in [1.82, 2.24) is 13.7 Å². The Kier molecular flexibility index (Phi) is 15.2. The van der Waals surface area contributed by atoms with E-state index in [0.717, 1.165) is 112 Å². The molecule has 0 atom stereocenters. The standard InChI is InChI=1S/C106H92BN5O/c1-101(2,3)67-38-48-90-78(54-67)77-53-64(63-108)37-47-89(77)110(90)73-44-46-88-95(61-73)112(100-75(65-27-18-16-19-28-65)31-26-32-76(100)66-29-20-17-21-30-66)96-62-74(111-93-51-41-70(104(10,11)12)57-81(93)82-58-71(105(13,14)15)42-52-94(82)111)60-86-99(96)107(88)87-45-43-72(59-85(87)106(86)83-33-22-24-35-97(83)113-98-36-25-23-34-84(98)106)109-91-49-39-68(102(4,5)6)55-79(91)80-56-69(103(7,8)9)40-50-92(80)109/h16-62H,1-15H3. The van der Waals surface area contributed by atoms with Crippen LogP contribution in [-0.2, 0) is 32.5 Å². The average Bonchev–Trinajstić information content (AvgIpc) is 0.872. The fourth-order valence-corrected chi connectivity index (χ4v) is 19.3. The maximum atomic E-state index is 10.7. The molecule has 6 heterocycles. The zero-order valence-corrected chi connectivity index (χ0v) is 67.4. The van der Waals surface area contributed by atoms with Crippen LogP contribution in [-0.4, -0.2) is 20.4 Å². The summed E-state index contributed by atoms with van der Waals surface area (Å²) in [5.74, 6) is 1.65. The van der Waals surface area contributed by atoms with Gasteiger partial charge in [-0.15, -0.1) is 0 Å². The lowest BCUT2D eigenvalue weighted by Crippen LogP contribution is -2.65. The maximum absolute atomic E-state index is 10.7. The van der Waals surface area contributed by atoms with E-state index in [-0.39, 0.29) is 33.8 Å². The van der Waals surface area contributed by atoms with Gasteiger partial charge in [0.05, 0.1) is 55.8 Å². The predicted molar refractivity (Wildman–Crippen MR) is 476 cm³/mol. The molecule has 20 rings (SSSR count). The summed E-state index contributed by atoms with van der Waals surface area (Å²) in [5.41, 5.74) is 31.2. The lowest BCUT2D eigenvalue weighted by Gasteiger charge is -2.50. The van der Waals surface area contributed by atoms with Crippen LogP contribution in [0, 0.1) is 11.3 Å². The Hall–Kier alpha value is -12.4. The SMILES string of the molecule is CC(C)(C)c1ccc2c(c1)c1cc(C#N)ccc1n2-c1ccc2c(c1)N(c1c(-c3ccccc3)cccc1-c1ccccc1)c1cc(-n3c4ccc(C(C)(C)C)cc4c4cc(C(C)(C)C)ccc43)cc3c1B2c1ccc(-n2c4ccc(C(C)(C)C)cc4c4cc(C(C)(C)C)ccc42)cc1C31c2ccccc2Oc2ccccc21. The van der Waals surface area contributed by atoms with Crippen molar-refractivity contribution in [3.63, 3.8) is 0 Å². The second-order valence-electron chi connectivity index (χ2n) is 37.2. The highest BCUT2D eigenvalue weighted by Gasteiger charge is 2.56. The van der Waals surface area contributed by atoms with E-state index in [1.54, 1.807) is 0 Å². The van der Waals surface area contributed by atoms with Gasteiger partial charge in [0.2, 0.25) is 6.71 Å². The van der Waals surface area contributed by atoms with Gasteiger partial charge in [0.1, 0.15) is 11.5 Å². The first-order chi connectivity index (χ1) is 54.1. The molecule has 3 aliphatic heterocycles. The molecule has 0 unspecified atom stereocenters. The molecule has 0 fully saturated rings.